The molecule has 6 aliphatic rings. The fraction of sp³-hybridized carbons (Fsp3) is 0.622. The fourth-order valence-corrected chi connectivity index (χ4v) is 10.00. The molecule has 2 bridgehead atoms. The molecule has 2 aliphatic carbocycles. The third-order valence-electron chi connectivity index (χ3n) is 13.0. The molecule has 12 heteroatoms. The number of nitrogens with zero attached hydrogens (tertiary/aromatic N) is 1. The smallest absolute Gasteiger partial charge is 0.327 e. The maximum Gasteiger partial charge on any atom is 0.327 e. The van der Waals surface area contributed by atoms with Gasteiger partial charge in [0.25, 0.3) is 5.91 Å². The van der Waals surface area contributed by atoms with Crippen LogP contribution in [0.3, 0.4) is 0 Å². The number of carbonyl (C=O) groups is 3. The van der Waals surface area contributed by atoms with Gasteiger partial charge >= 0.3 is 5.97 Å². The second-order valence-corrected chi connectivity index (χ2v) is 16.9. The van der Waals surface area contributed by atoms with Crippen molar-refractivity contribution in [3.05, 3.63) is 76.9 Å². The van der Waals surface area contributed by atoms with Crippen LogP contribution in [0.15, 0.2) is 54.6 Å². The minimum absolute atomic E-state index is 0.131. The second-order valence-electron chi connectivity index (χ2n) is 16.9. The van der Waals surface area contributed by atoms with Crippen molar-refractivity contribution < 1.29 is 43.3 Å². The van der Waals surface area contributed by atoms with Crippen LogP contribution in [0.2, 0.25) is 0 Å². The van der Waals surface area contributed by atoms with Gasteiger partial charge < -0.3 is 34.7 Å². The number of unbranched alkanes of at least 4 members (excludes halogenated alkanes) is 4. The Kier molecular flexibility index (Phi) is 12.2. The Bertz CT molecular complexity index is 1790. The molecule has 8 rings (SSSR count). The summed E-state index contributed by atoms with van der Waals surface area (Å²) in [4.78, 5) is 48.9. The summed E-state index contributed by atoms with van der Waals surface area (Å²) in [6.45, 7) is 4.72. The van der Waals surface area contributed by atoms with Crippen molar-refractivity contribution in [1.82, 2.24) is 15.7 Å². The lowest BCUT2D eigenvalue weighted by molar-refractivity contribution is -0.224. The molecule has 3 N–H and O–H groups in total. The summed E-state index contributed by atoms with van der Waals surface area (Å²) in [5, 5.41) is 16.7. The van der Waals surface area contributed by atoms with Gasteiger partial charge in [0.15, 0.2) is 11.8 Å². The number of hydrogen-bond acceptors (Lipinski definition) is 10. The summed E-state index contributed by atoms with van der Waals surface area (Å²) in [7, 11) is 0. The number of hydrogen-bond donors (Lipinski definition) is 3. The molecule has 4 saturated heterocycles. The van der Waals surface area contributed by atoms with E-state index in [1.54, 1.807) is 23.3 Å². The number of allylic oxidation sites excluding steroid dienone is 1. The number of nitrogens with one attached hydrogen (secondary N) is 2. The third-order valence-corrected chi connectivity index (χ3v) is 13.0. The summed E-state index contributed by atoms with van der Waals surface area (Å²) in [6, 6.07) is 14.1. The van der Waals surface area contributed by atoms with Crippen molar-refractivity contribution in [3.8, 4) is 0 Å². The van der Waals surface area contributed by atoms with Crippen molar-refractivity contribution in [2.75, 3.05) is 13.2 Å². The van der Waals surface area contributed by atoms with E-state index in [9.17, 15) is 19.5 Å². The van der Waals surface area contributed by atoms with Crippen LogP contribution in [0.1, 0.15) is 118 Å². The number of amides is 2. The Balaban J connectivity index is 1.09. The number of rotatable bonds is 18. The first-order chi connectivity index (χ1) is 27.8. The zero-order chi connectivity index (χ0) is 39.6. The number of epoxide rings is 1. The Morgan fingerprint density at radius 1 is 0.930 bits per heavy atom. The zero-order valence-electron chi connectivity index (χ0n) is 33.4. The van der Waals surface area contributed by atoms with Crippen molar-refractivity contribution in [2.45, 2.75) is 152 Å². The lowest BCUT2D eigenvalue weighted by atomic mass is 9.62. The van der Waals surface area contributed by atoms with Crippen LogP contribution in [0.25, 0.3) is 6.08 Å². The van der Waals surface area contributed by atoms with Crippen LogP contribution < -0.4 is 10.6 Å². The molecule has 57 heavy (non-hydrogen) atoms. The van der Waals surface area contributed by atoms with Crippen LogP contribution in [0, 0.1) is 11.3 Å². The minimum atomic E-state index is -1.32. The topological polar surface area (TPSA) is 148 Å². The fourth-order valence-electron chi connectivity index (χ4n) is 10.00. The molecule has 0 spiro atoms. The number of aliphatic hydroxyl groups excluding tert-OH is 1. The Labute approximate surface area is 335 Å². The summed E-state index contributed by atoms with van der Waals surface area (Å²) in [5.74, 6) is -1.54. The molecule has 2 amide bonds. The van der Waals surface area contributed by atoms with E-state index in [-0.39, 0.29) is 44.5 Å². The molecule has 308 valence electrons. The summed E-state index contributed by atoms with van der Waals surface area (Å²) >= 11 is 0. The van der Waals surface area contributed by atoms with E-state index in [1.165, 1.54) is 0 Å². The minimum Gasteiger partial charge on any atom is -0.458 e. The highest BCUT2D eigenvalue weighted by atomic mass is 16.8. The molecular weight excluding hydrogens is 727 g/mol. The van der Waals surface area contributed by atoms with Gasteiger partial charge in [0.05, 0.1) is 25.4 Å². The van der Waals surface area contributed by atoms with E-state index in [0.717, 1.165) is 74.5 Å². The maximum atomic E-state index is 15.0. The molecule has 12 nitrogen and oxygen atoms in total. The van der Waals surface area contributed by atoms with Gasteiger partial charge in [-0.1, -0.05) is 88.1 Å². The molecule has 4 aliphatic heterocycles. The highest BCUT2D eigenvalue weighted by molar-refractivity contribution is 5.95. The lowest BCUT2D eigenvalue weighted by Crippen LogP contribution is -2.69. The Morgan fingerprint density at radius 2 is 1.72 bits per heavy atom. The van der Waals surface area contributed by atoms with Gasteiger partial charge in [-0.25, -0.2) is 0 Å². The average Bonchev–Trinajstić information content (AvgIpc) is 3.77. The van der Waals surface area contributed by atoms with Crippen molar-refractivity contribution in [2.24, 2.45) is 11.3 Å². The van der Waals surface area contributed by atoms with Gasteiger partial charge in [0, 0.05) is 37.9 Å². The standard InChI is InChI=1S/C45H59N3O9/c1-3-5-9-20-44(21-10-6-4-2)55-37-36-26-45(43(52)47-27-30-12-11-15-32(24-30)41(50)46-22-23-49)39(42(51)54-36)48(57-40(45)38(37)56-44)28-33-14-8-7-13-31(33)18-16-29-17-19-34-35(25-29)53-34/h7-8,11-16,18,24,29,34-40,49H,3-6,9-10,17,19-23,25-28H2,1-2H3,(H,46,50)(H,47,52)/t29?,34?,35?,36?,37-,38-,39-,40+,45?/m0/s1. The van der Waals surface area contributed by atoms with E-state index in [1.807, 2.05) is 24.3 Å². The molecule has 5 unspecified atom stereocenters. The van der Waals surface area contributed by atoms with Crippen LogP contribution in [0.5, 0.6) is 0 Å². The van der Waals surface area contributed by atoms with Crippen LogP contribution in [-0.2, 0) is 46.5 Å². The first-order valence-corrected chi connectivity index (χ1v) is 21.4. The van der Waals surface area contributed by atoms with Gasteiger partial charge in [-0.2, -0.15) is 5.06 Å². The highest BCUT2D eigenvalue weighted by Gasteiger charge is 2.76. The van der Waals surface area contributed by atoms with Gasteiger partial charge in [-0.05, 0) is 66.8 Å². The Morgan fingerprint density at radius 3 is 2.49 bits per heavy atom. The average molecular weight is 786 g/mol. The van der Waals surface area contributed by atoms with Crippen molar-refractivity contribution >= 4 is 23.9 Å². The normalized spacial score (nSPS) is 32.1. The number of carbonyl (C=O) groups excluding carboxylic acids is 3. The van der Waals surface area contributed by atoms with Crippen LogP contribution in [-0.4, -0.2) is 89.6 Å². The molecule has 0 radical (unpaired) electrons. The predicted molar refractivity (Wildman–Crippen MR) is 211 cm³/mol. The first kappa shape index (κ1) is 40.1. The van der Waals surface area contributed by atoms with Gasteiger partial charge in [0.1, 0.15) is 29.8 Å². The van der Waals surface area contributed by atoms with E-state index in [2.05, 4.69) is 42.7 Å². The molecule has 2 aromatic carbocycles. The first-order valence-electron chi connectivity index (χ1n) is 21.4. The van der Waals surface area contributed by atoms with E-state index < -0.39 is 47.6 Å². The molecule has 2 aromatic rings. The number of aliphatic hydroxyl groups is 1. The summed E-state index contributed by atoms with van der Waals surface area (Å²) in [6.07, 6.45) is 13.6. The predicted octanol–water partition coefficient (Wildman–Crippen LogP) is 5.75. The van der Waals surface area contributed by atoms with Gasteiger partial charge in [-0.15, -0.1) is 0 Å². The molecule has 6 fully saturated rings. The molecular formula is C45H59N3O9. The molecule has 9 atom stereocenters. The van der Waals surface area contributed by atoms with Gasteiger partial charge in [-0.3, -0.25) is 19.2 Å². The monoisotopic (exact) mass is 785 g/mol. The molecule has 4 heterocycles. The van der Waals surface area contributed by atoms with Crippen molar-refractivity contribution in [3.63, 3.8) is 0 Å². The maximum absolute atomic E-state index is 15.0. The second kappa shape index (κ2) is 17.3. The lowest BCUT2D eigenvalue weighted by Gasteiger charge is -2.48. The summed E-state index contributed by atoms with van der Waals surface area (Å²) < 4.78 is 26.0. The van der Waals surface area contributed by atoms with E-state index in [0.29, 0.717) is 36.5 Å². The third kappa shape index (κ3) is 8.18. The summed E-state index contributed by atoms with van der Waals surface area (Å²) in [5.41, 5.74) is 1.82. The number of fused-ring (bicyclic) bond motifs is 5. The van der Waals surface area contributed by atoms with Crippen molar-refractivity contribution in [1.29, 1.82) is 0 Å². The highest BCUT2D eigenvalue weighted by Crippen LogP contribution is 2.58. The largest absolute Gasteiger partial charge is 0.458 e. The van der Waals surface area contributed by atoms with Crippen LogP contribution in [0.4, 0.5) is 0 Å². The Hall–Kier alpha value is -3.65. The number of ether oxygens (including phenoxy) is 4. The SMILES string of the molecule is CCCCCC1(CCCCC)O[C@@H]2[C@H]3ON(Cc4ccccc4C=CC4CCC5OC5C4)[C@H]4C(=O)OC(CC34C(=O)NCc3cccc(C(=O)NCCO)c3)[C@@H]2O1. The number of hydroxylamine groups is 2. The van der Waals surface area contributed by atoms with E-state index in [4.69, 9.17) is 23.8 Å². The van der Waals surface area contributed by atoms with Gasteiger partial charge in [0.2, 0.25) is 5.91 Å². The van der Waals surface area contributed by atoms with E-state index >= 15 is 0 Å². The number of benzene rings is 2. The van der Waals surface area contributed by atoms with Crippen LogP contribution >= 0.6 is 0 Å². The quantitative estimate of drug-likeness (QED) is 0.0971. The molecule has 2 saturated carbocycles. The molecule has 0 aromatic heterocycles. The number of esters is 1. The zero-order valence-corrected chi connectivity index (χ0v) is 33.4.